The minimum absolute atomic E-state index is 0.00511. The molecule has 0 aliphatic rings. The van der Waals surface area contributed by atoms with Gasteiger partial charge >= 0.3 is 0 Å². The molecule has 0 saturated heterocycles. The number of anilines is 2. The molecule has 0 saturated carbocycles. The molecule has 4 heteroatoms. The molecule has 0 aliphatic heterocycles. The van der Waals surface area contributed by atoms with Crippen LogP contribution in [0.25, 0.3) is 6.08 Å². The van der Waals surface area contributed by atoms with Crippen molar-refractivity contribution in [1.82, 2.24) is 0 Å². The fourth-order valence-corrected chi connectivity index (χ4v) is 2.68. The monoisotopic (exact) mass is 358 g/mol. The third-order valence-corrected chi connectivity index (χ3v) is 4.08. The van der Waals surface area contributed by atoms with E-state index in [1.165, 1.54) is 0 Å². The number of carbonyl (C=O) groups excluding carboxylic acids is 1. The molecular formula is C23H22N2O2. The van der Waals surface area contributed by atoms with E-state index < -0.39 is 0 Å². The van der Waals surface area contributed by atoms with Crippen molar-refractivity contribution >= 4 is 23.2 Å². The van der Waals surface area contributed by atoms with Gasteiger partial charge in [0, 0.05) is 35.5 Å². The van der Waals surface area contributed by atoms with Gasteiger partial charge in [-0.2, -0.15) is 0 Å². The Hall–Kier alpha value is -3.53. The number of rotatable bonds is 7. The number of hydrogen-bond acceptors (Lipinski definition) is 4. The summed E-state index contributed by atoms with van der Waals surface area (Å²) < 4.78 is 5.71. The van der Waals surface area contributed by atoms with E-state index in [1.807, 2.05) is 60.7 Å². The Balaban J connectivity index is 1.52. The van der Waals surface area contributed by atoms with Crippen LogP contribution < -0.4 is 16.2 Å². The second kappa shape index (κ2) is 8.72. The van der Waals surface area contributed by atoms with Crippen LogP contribution in [0, 0.1) is 0 Å². The normalized spacial score (nSPS) is 10.8. The number of ketones is 1. The predicted molar refractivity (Wildman–Crippen MR) is 111 cm³/mol. The number of ether oxygens (including phenoxy) is 1. The van der Waals surface area contributed by atoms with Crippen LogP contribution in [-0.4, -0.2) is 12.4 Å². The maximum atomic E-state index is 12.1. The van der Waals surface area contributed by atoms with Gasteiger partial charge in [0.05, 0.1) is 6.61 Å². The maximum absolute atomic E-state index is 12.1. The number of nitrogen functional groups attached to an aromatic ring is 2. The molecule has 4 N–H and O–H groups in total. The molecule has 0 aliphatic carbocycles. The van der Waals surface area contributed by atoms with Crippen molar-refractivity contribution in [2.75, 3.05) is 18.1 Å². The minimum atomic E-state index is -0.00511. The number of carbonyl (C=O) groups is 1. The Morgan fingerprint density at radius 2 is 1.56 bits per heavy atom. The van der Waals surface area contributed by atoms with Gasteiger partial charge in [-0.1, -0.05) is 60.7 Å². The largest absolute Gasteiger partial charge is 0.493 e. The van der Waals surface area contributed by atoms with Gasteiger partial charge in [0.15, 0.2) is 5.78 Å². The van der Waals surface area contributed by atoms with Crippen LogP contribution in [0.1, 0.15) is 21.5 Å². The fraction of sp³-hybridized carbons (Fsp3) is 0.0870. The highest BCUT2D eigenvalue weighted by Gasteiger charge is 2.01. The summed E-state index contributed by atoms with van der Waals surface area (Å²) in [4.78, 5) is 12.1. The highest BCUT2D eigenvalue weighted by Crippen LogP contribution is 2.20. The zero-order valence-corrected chi connectivity index (χ0v) is 15.0. The first-order chi connectivity index (χ1) is 13.1. The van der Waals surface area contributed by atoms with Crippen molar-refractivity contribution in [3.63, 3.8) is 0 Å². The standard InChI is InChI=1S/C23H22N2O2/c24-20-14-21(25)16-22(15-20)27-13-12-18-8-6-17(7-9-18)10-11-23(26)19-4-2-1-3-5-19/h1-11,14-16H,12-13,24-25H2/b11-10-. The highest BCUT2D eigenvalue weighted by atomic mass is 16.5. The lowest BCUT2D eigenvalue weighted by atomic mass is 10.1. The fourth-order valence-electron chi connectivity index (χ4n) is 2.68. The van der Waals surface area contributed by atoms with E-state index in [-0.39, 0.29) is 5.78 Å². The summed E-state index contributed by atoms with van der Waals surface area (Å²) in [5.74, 6) is 0.668. The Morgan fingerprint density at radius 1 is 0.889 bits per heavy atom. The molecule has 0 heterocycles. The van der Waals surface area contributed by atoms with E-state index in [0.717, 1.165) is 17.5 Å². The lowest BCUT2D eigenvalue weighted by Gasteiger charge is -2.08. The number of allylic oxidation sites excluding steroid dienone is 1. The van der Waals surface area contributed by atoms with Crippen molar-refractivity contribution in [2.24, 2.45) is 0 Å². The van der Waals surface area contributed by atoms with Gasteiger partial charge in [-0.05, 0) is 23.3 Å². The van der Waals surface area contributed by atoms with Gasteiger partial charge in [0.1, 0.15) is 5.75 Å². The van der Waals surface area contributed by atoms with Crippen LogP contribution in [0.5, 0.6) is 5.75 Å². The molecule has 3 aromatic rings. The number of hydrogen-bond donors (Lipinski definition) is 2. The molecule has 3 aromatic carbocycles. The van der Waals surface area contributed by atoms with Gasteiger partial charge in [-0.3, -0.25) is 4.79 Å². The molecule has 0 aromatic heterocycles. The summed E-state index contributed by atoms with van der Waals surface area (Å²) in [6.07, 6.45) is 4.18. The van der Waals surface area contributed by atoms with Crippen molar-refractivity contribution in [1.29, 1.82) is 0 Å². The maximum Gasteiger partial charge on any atom is 0.185 e. The SMILES string of the molecule is Nc1cc(N)cc(OCCc2ccc(/C=C\C(=O)c3ccccc3)cc2)c1. The van der Waals surface area contributed by atoms with E-state index >= 15 is 0 Å². The molecular weight excluding hydrogens is 336 g/mol. The molecule has 27 heavy (non-hydrogen) atoms. The molecule has 0 spiro atoms. The average molecular weight is 358 g/mol. The predicted octanol–water partition coefficient (Wildman–Crippen LogP) is 4.37. The first-order valence-corrected chi connectivity index (χ1v) is 8.75. The van der Waals surface area contributed by atoms with E-state index in [4.69, 9.17) is 16.2 Å². The van der Waals surface area contributed by atoms with E-state index in [1.54, 1.807) is 24.3 Å². The van der Waals surface area contributed by atoms with Crippen molar-refractivity contribution in [2.45, 2.75) is 6.42 Å². The zero-order chi connectivity index (χ0) is 19.1. The first kappa shape index (κ1) is 18.3. The molecule has 0 fully saturated rings. The Bertz CT molecular complexity index is 912. The number of nitrogens with two attached hydrogens (primary N) is 2. The summed E-state index contributed by atoms with van der Waals surface area (Å²) >= 11 is 0. The molecule has 4 nitrogen and oxygen atoms in total. The molecule has 0 unspecified atom stereocenters. The number of benzene rings is 3. The van der Waals surface area contributed by atoms with Crippen LogP contribution >= 0.6 is 0 Å². The molecule has 0 radical (unpaired) electrons. The zero-order valence-electron chi connectivity index (χ0n) is 15.0. The van der Waals surface area contributed by atoms with E-state index in [2.05, 4.69) is 0 Å². The van der Waals surface area contributed by atoms with Gasteiger partial charge in [-0.15, -0.1) is 0 Å². The quantitative estimate of drug-likeness (QED) is 0.373. The van der Waals surface area contributed by atoms with Crippen LogP contribution in [0.2, 0.25) is 0 Å². The molecule has 0 atom stereocenters. The molecule has 0 bridgehead atoms. The van der Waals surface area contributed by atoms with Crippen LogP contribution in [0.4, 0.5) is 11.4 Å². The Morgan fingerprint density at radius 3 is 2.22 bits per heavy atom. The van der Waals surface area contributed by atoms with Crippen LogP contribution in [0.3, 0.4) is 0 Å². The molecule has 136 valence electrons. The van der Waals surface area contributed by atoms with Crippen molar-refractivity contribution in [3.05, 3.63) is 95.6 Å². The van der Waals surface area contributed by atoms with E-state index in [9.17, 15) is 4.79 Å². The highest BCUT2D eigenvalue weighted by molar-refractivity contribution is 6.06. The molecule has 3 rings (SSSR count). The summed E-state index contributed by atoms with van der Waals surface area (Å²) in [6, 6.07) is 22.5. The van der Waals surface area contributed by atoms with Crippen molar-refractivity contribution < 1.29 is 9.53 Å². The van der Waals surface area contributed by atoms with Crippen LogP contribution in [0.15, 0.2) is 78.9 Å². The summed E-state index contributed by atoms with van der Waals surface area (Å²) in [7, 11) is 0. The smallest absolute Gasteiger partial charge is 0.185 e. The lowest BCUT2D eigenvalue weighted by molar-refractivity contribution is 0.104. The third kappa shape index (κ3) is 5.47. The van der Waals surface area contributed by atoms with Crippen molar-refractivity contribution in [3.8, 4) is 5.75 Å². The summed E-state index contributed by atoms with van der Waals surface area (Å²) in [6.45, 7) is 0.532. The lowest BCUT2D eigenvalue weighted by Crippen LogP contribution is -2.02. The second-order valence-electron chi connectivity index (χ2n) is 6.24. The van der Waals surface area contributed by atoms with Crippen LogP contribution in [-0.2, 0) is 6.42 Å². The topological polar surface area (TPSA) is 78.3 Å². The van der Waals surface area contributed by atoms with Gasteiger partial charge in [0.25, 0.3) is 0 Å². The first-order valence-electron chi connectivity index (χ1n) is 8.75. The van der Waals surface area contributed by atoms with E-state index in [0.29, 0.717) is 29.3 Å². The summed E-state index contributed by atoms with van der Waals surface area (Å²) in [5.41, 5.74) is 15.5. The second-order valence-corrected chi connectivity index (χ2v) is 6.24. The Labute approximate surface area is 159 Å². The van der Waals surface area contributed by atoms with Gasteiger partial charge in [-0.25, -0.2) is 0 Å². The minimum Gasteiger partial charge on any atom is -0.493 e. The van der Waals surface area contributed by atoms with Gasteiger partial charge in [0.2, 0.25) is 0 Å². The third-order valence-electron chi connectivity index (χ3n) is 4.08. The Kier molecular flexibility index (Phi) is 5.90. The average Bonchev–Trinajstić information content (AvgIpc) is 2.67. The molecule has 0 amide bonds. The van der Waals surface area contributed by atoms with Gasteiger partial charge < -0.3 is 16.2 Å². The summed E-state index contributed by atoms with van der Waals surface area (Å²) in [5, 5.41) is 0.